The van der Waals surface area contributed by atoms with E-state index in [4.69, 9.17) is 0 Å². The van der Waals surface area contributed by atoms with Crippen LogP contribution < -0.4 is 5.32 Å². The van der Waals surface area contributed by atoms with E-state index in [-0.39, 0.29) is 23.8 Å². The van der Waals surface area contributed by atoms with E-state index in [0.717, 1.165) is 19.3 Å². The number of nitrogens with zero attached hydrogens (tertiary/aromatic N) is 1. The van der Waals surface area contributed by atoms with Gasteiger partial charge in [-0.25, -0.2) is 9.18 Å². The van der Waals surface area contributed by atoms with Crippen molar-refractivity contribution in [3.63, 3.8) is 0 Å². The molecule has 0 saturated carbocycles. The monoisotopic (exact) mass is 262 g/mol. The SMILES string of the molecule is O=C1NC(=O)N2CCCCC2C1c1cccc(F)c1. The van der Waals surface area contributed by atoms with Gasteiger partial charge in [0.2, 0.25) is 5.91 Å². The van der Waals surface area contributed by atoms with Gasteiger partial charge in [-0.2, -0.15) is 0 Å². The highest BCUT2D eigenvalue weighted by Gasteiger charge is 2.42. The predicted molar refractivity (Wildman–Crippen MR) is 67.0 cm³/mol. The topological polar surface area (TPSA) is 49.4 Å². The van der Waals surface area contributed by atoms with Crippen molar-refractivity contribution in [2.75, 3.05) is 6.54 Å². The Morgan fingerprint density at radius 3 is 2.89 bits per heavy atom. The number of rotatable bonds is 1. The third kappa shape index (κ3) is 2.09. The van der Waals surface area contributed by atoms with Crippen molar-refractivity contribution in [3.05, 3.63) is 35.6 Å². The van der Waals surface area contributed by atoms with E-state index in [9.17, 15) is 14.0 Å². The van der Waals surface area contributed by atoms with Gasteiger partial charge >= 0.3 is 6.03 Å². The molecule has 2 unspecified atom stereocenters. The minimum absolute atomic E-state index is 0.142. The molecule has 5 heteroatoms. The van der Waals surface area contributed by atoms with E-state index in [2.05, 4.69) is 5.32 Å². The van der Waals surface area contributed by atoms with Crippen molar-refractivity contribution >= 4 is 11.9 Å². The number of fused-ring (bicyclic) bond motifs is 1. The molecular formula is C14H15FN2O2. The molecule has 2 heterocycles. The Hall–Kier alpha value is -1.91. The number of hydrogen-bond acceptors (Lipinski definition) is 2. The maximum absolute atomic E-state index is 13.3. The van der Waals surface area contributed by atoms with Crippen molar-refractivity contribution < 1.29 is 14.0 Å². The Bertz CT molecular complexity index is 532. The molecule has 0 spiro atoms. The molecule has 0 radical (unpaired) electrons. The zero-order chi connectivity index (χ0) is 13.4. The molecule has 2 aliphatic rings. The van der Waals surface area contributed by atoms with Crippen LogP contribution in [0, 0.1) is 5.82 Å². The van der Waals surface area contributed by atoms with Crippen molar-refractivity contribution in [1.29, 1.82) is 0 Å². The van der Waals surface area contributed by atoms with Crippen molar-refractivity contribution in [2.45, 2.75) is 31.2 Å². The van der Waals surface area contributed by atoms with Crippen molar-refractivity contribution in [1.82, 2.24) is 10.2 Å². The molecule has 1 aromatic rings. The fourth-order valence-corrected chi connectivity index (χ4v) is 3.06. The molecule has 1 N–H and O–H groups in total. The lowest BCUT2D eigenvalue weighted by atomic mass is 9.83. The highest BCUT2D eigenvalue weighted by Crippen LogP contribution is 2.33. The van der Waals surface area contributed by atoms with E-state index in [1.165, 1.54) is 12.1 Å². The average molecular weight is 262 g/mol. The first-order chi connectivity index (χ1) is 9.16. The lowest BCUT2D eigenvalue weighted by molar-refractivity contribution is -0.125. The van der Waals surface area contributed by atoms with Gasteiger partial charge in [-0.15, -0.1) is 0 Å². The molecular weight excluding hydrogens is 247 g/mol. The van der Waals surface area contributed by atoms with Gasteiger partial charge in [0.15, 0.2) is 0 Å². The van der Waals surface area contributed by atoms with Gasteiger partial charge in [-0.05, 0) is 37.0 Å². The third-order valence-corrected chi connectivity index (χ3v) is 3.92. The zero-order valence-corrected chi connectivity index (χ0v) is 10.4. The fraction of sp³-hybridized carbons (Fsp3) is 0.429. The smallest absolute Gasteiger partial charge is 0.320 e. The first-order valence-corrected chi connectivity index (χ1v) is 6.54. The number of benzene rings is 1. The Morgan fingerprint density at radius 1 is 1.26 bits per heavy atom. The normalized spacial score (nSPS) is 26.9. The van der Waals surface area contributed by atoms with Crippen LogP contribution in [0.15, 0.2) is 24.3 Å². The number of hydrogen-bond donors (Lipinski definition) is 1. The number of halogens is 1. The summed E-state index contributed by atoms with van der Waals surface area (Å²) in [4.78, 5) is 25.6. The number of piperidine rings is 1. The molecule has 2 fully saturated rings. The summed E-state index contributed by atoms with van der Waals surface area (Å²) in [5.41, 5.74) is 0.641. The van der Waals surface area contributed by atoms with Gasteiger partial charge in [0, 0.05) is 12.6 Å². The summed E-state index contributed by atoms with van der Waals surface area (Å²) in [5.74, 6) is -1.14. The number of carbonyl (C=O) groups is 2. The summed E-state index contributed by atoms with van der Waals surface area (Å²) < 4.78 is 13.3. The Labute approximate surface area is 110 Å². The molecule has 4 nitrogen and oxygen atoms in total. The summed E-state index contributed by atoms with van der Waals surface area (Å²) in [7, 11) is 0. The Balaban J connectivity index is 1.98. The Morgan fingerprint density at radius 2 is 2.11 bits per heavy atom. The lowest BCUT2D eigenvalue weighted by Gasteiger charge is -2.43. The minimum atomic E-state index is -0.464. The predicted octanol–water partition coefficient (Wildman–Crippen LogP) is 2.01. The van der Waals surface area contributed by atoms with Crippen molar-refractivity contribution in [2.24, 2.45) is 0 Å². The summed E-state index contributed by atoms with van der Waals surface area (Å²) >= 11 is 0. The highest BCUT2D eigenvalue weighted by molar-refractivity contribution is 6.01. The van der Waals surface area contributed by atoms with Gasteiger partial charge < -0.3 is 4.90 Å². The lowest BCUT2D eigenvalue weighted by Crippen LogP contribution is -2.60. The summed E-state index contributed by atoms with van der Waals surface area (Å²) in [6, 6.07) is 5.62. The summed E-state index contributed by atoms with van der Waals surface area (Å²) in [5, 5.41) is 2.37. The number of carbonyl (C=O) groups excluding carboxylic acids is 2. The van der Waals surface area contributed by atoms with E-state index in [1.807, 2.05) is 0 Å². The van der Waals surface area contributed by atoms with E-state index < -0.39 is 5.92 Å². The van der Waals surface area contributed by atoms with Crippen LogP contribution in [-0.2, 0) is 4.79 Å². The largest absolute Gasteiger partial charge is 0.324 e. The summed E-state index contributed by atoms with van der Waals surface area (Å²) in [6.07, 6.45) is 2.74. The standard InChI is InChI=1S/C14H15FN2O2/c15-10-5-3-4-9(8-10)12-11-6-1-2-7-17(11)14(19)16-13(12)18/h3-5,8,11-12H,1-2,6-7H2,(H,16,18,19). The van der Waals surface area contributed by atoms with E-state index >= 15 is 0 Å². The zero-order valence-electron chi connectivity index (χ0n) is 10.4. The van der Waals surface area contributed by atoms with Gasteiger partial charge in [0.05, 0.1) is 5.92 Å². The Kier molecular flexibility index (Phi) is 2.97. The average Bonchev–Trinajstić information content (AvgIpc) is 2.39. The second-order valence-corrected chi connectivity index (χ2v) is 5.08. The van der Waals surface area contributed by atoms with Gasteiger partial charge in [0.1, 0.15) is 5.82 Å². The maximum Gasteiger partial charge on any atom is 0.324 e. The van der Waals surface area contributed by atoms with Gasteiger partial charge in [-0.3, -0.25) is 10.1 Å². The highest BCUT2D eigenvalue weighted by atomic mass is 19.1. The molecule has 0 aliphatic carbocycles. The molecule has 0 bridgehead atoms. The molecule has 3 rings (SSSR count). The van der Waals surface area contributed by atoms with Crippen LogP contribution in [0.3, 0.4) is 0 Å². The summed E-state index contributed by atoms with van der Waals surface area (Å²) in [6.45, 7) is 0.662. The first-order valence-electron chi connectivity index (χ1n) is 6.54. The second kappa shape index (κ2) is 4.64. The van der Waals surface area contributed by atoms with Crippen LogP contribution in [0.1, 0.15) is 30.7 Å². The quantitative estimate of drug-likeness (QED) is 0.841. The van der Waals surface area contributed by atoms with E-state index in [1.54, 1.807) is 17.0 Å². The van der Waals surface area contributed by atoms with Crippen LogP contribution in [0.5, 0.6) is 0 Å². The molecule has 2 atom stereocenters. The first kappa shape index (κ1) is 12.1. The molecule has 19 heavy (non-hydrogen) atoms. The van der Waals surface area contributed by atoms with Crippen LogP contribution in [0.2, 0.25) is 0 Å². The van der Waals surface area contributed by atoms with Gasteiger partial charge in [0.25, 0.3) is 0 Å². The van der Waals surface area contributed by atoms with Crippen LogP contribution in [0.25, 0.3) is 0 Å². The molecule has 0 aromatic heterocycles. The van der Waals surface area contributed by atoms with Crippen LogP contribution >= 0.6 is 0 Å². The third-order valence-electron chi connectivity index (χ3n) is 3.92. The maximum atomic E-state index is 13.3. The fourth-order valence-electron chi connectivity index (χ4n) is 3.06. The van der Waals surface area contributed by atoms with E-state index in [0.29, 0.717) is 12.1 Å². The number of urea groups is 1. The minimum Gasteiger partial charge on any atom is -0.320 e. The molecule has 100 valence electrons. The molecule has 2 aliphatic heterocycles. The second-order valence-electron chi connectivity index (χ2n) is 5.08. The molecule has 3 amide bonds. The van der Waals surface area contributed by atoms with Crippen LogP contribution in [0.4, 0.5) is 9.18 Å². The number of imide groups is 1. The van der Waals surface area contributed by atoms with Crippen molar-refractivity contribution in [3.8, 4) is 0 Å². The number of nitrogens with one attached hydrogen (secondary N) is 1. The van der Waals surface area contributed by atoms with Gasteiger partial charge in [-0.1, -0.05) is 12.1 Å². The van der Waals surface area contributed by atoms with Crippen LogP contribution in [-0.4, -0.2) is 29.4 Å². The molecule has 1 aromatic carbocycles. The number of amides is 3. The molecule has 2 saturated heterocycles.